The predicted octanol–water partition coefficient (Wildman–Crippen LogP) is 3.11. The molecular weight excluding hydrogens is 148 g/mol. The number of allylic oxidation sites excluding steroid dienone is 1. The van der Waals surface area contributed by atoms with Crippen LogP contribution in [0.3, 0.4) is 0 Å². The first kappa shape index (κ1) is 7.55. The Bertz CT molecular complexity index is 107. The van der Waals surface area contributed by atoms with Crippen LogP contribution in [0, 0.1) is 0 Å². The lowest BCUT2D eigenvalue weighted by molar-refractivity contribution is 0.948. The molecule has 0 radical (unpaired) electrons. The molecule has 0 nitrogen and oxygen atoms in total. The zero-order valence-corrected chi connectivity index (χ0v) is 7.36. The summed E-state index contributed by atoms with van der Waals surface area (Å²) in [7, 11) is 0. The molecule has 0 aromatic rings. The number of hydrogen-bond donors (Lipinski definition) is 0. The molecule has 0 saturated heterocycles. The third kappa shape index (κ3) is 2.67. The molecule has 0 unspecified atom stereocenters. The summed E-state index contributed by atoms with van der Waals surface area (Å²) in [6.45, 7) is 2.24. The van der Waals surface area contributed by atoms with Crippen molar-refractivity contribution in [3.05, 3.63) is 10.3 Å². The van der Waals surface area contributed by atoms with Gasteiger partial charge in [0.15, 0.2) is 0 Å². The fourth-order valence-electron chi connectivity index (χ4n) is 0.784. The van der Waals surface area contributed by atoms with Crippen molar-refractivity contribution in [2.75, 3.05) is 11.5 Å². The van der Waals surface area contributed by atoms with Gasteiger partial charge in [-0.15, -0.1) is 23.5 Å². The molecule has 0 fully saturated rings. The first-order valence-electron chi connectivity index (χ1n) is 3.37. The third-order valence-electron chi connectivity index (χ3n) is 1.20. The van der Waals surface area contributed by atoms with Crippen LogP contribution in [0.2, 0.25) is 0 Å². The lowest BCUT2D eigenvalue weighted by Gasteiger charge is -2.09. The van der Waals surface area contributed by atoms with E-state index in [9.17, 15) is 0 Å². The SMILES string of the molecule is CCCC1=CSCCS1. The van der Waals surface area contributed by atoms with E-state index in [1.54, 1.807) is 4.91 Å². The van der Waals surface area contributed by atoms with Crippen LogP contribution in [0.15, 0.2) is 10.3 Å². The molecule has 9 heavy (non-hydrogen) atoms. The van der Waals surface area contributed by atoms with Gasteiger partial charge < -0.3 is 0 Å². The molecule has 0 bridgehead atoms. The van der Waals surface area contributed by atoms with Gasteiger partial charge in [0.05, 0.1) is 0 Å². The minimum Gasteiger partial charge on any atom is -0.132 e. The van der Waals surface area contributed by atoms with Crippen molar-refractivity contribution in [3.63, 3.8) is 0 Å². The van der Waals surface area contributed by atoms with Crippen LogP contribution in [-0.4, -0.2) is 11.5 Å². The highest BCUT2D eigenvalue weighted by molar-refractivity contribution is 8.09. The molecule has 2 heteroatoms. The van der Waals surface area contributed by atoms with Crippen LogP contribution in [0.25, 0.3) is 0 Å². The van der Waals surface area contributed by atoms with E-state index < -0.39 is 0 Å². The van der Waals surface area contributed by atoms with Gasteiger partial charge in [-0.2, -0.15) is 0 Å². The minimum atomic E-state index is 1.29. The molecule has 0 saturated carbocycles. The first-order chi connectivity index (χ1) is 4.43. The van der Waals surface area contributed by atoms with Crippen LogP contribution in [0.5, 0.6) is 0 Å². The van der Waals surface area contributed by atoms with E-state index in [-0.39, 0.29) is 0 Å². The van der Waals surface area contributed by atoms with Gasteiger partial charge in [-0.3, -0.25) is 0 Å². The van der Waals surface area contributed by atoms with Crippen LogP contribution in [0.1, 0.15) is 19.8 Å². The molecule has 1 heterocycles. The Morgan fingerprint density at radius 2 is 2.44 bits per heavy atom. The molecule has 1 aliphatic heterocycles. The van der Waals surface area contributed by atoms with Crippen LogP contribution in [0.4, 0.5) is 0 Å². The summed E-state index contributed by atoms with van der Waals surface area (Å²) in [5.41, 5.74) is 0. The Hall–Kier alpha value is 0.440. The molecular formula is C7H12S2. The average molecular weight is 160 g/mol. The summed E-state index contributed by atoms with van der Waals surface area (Å²) in [4.78, 5) is 1.59. The van der Waals surface area contributed by atoms with E-state index in [1.807, 2.05) is 23.5 Å². The van der Waals surface area contributed by atoms with Crippen molar-refractivity contribution in [2.24, 2.45) is 0 Å². The number of thioether (sulfide) groups is 2. The van der Waals surface area contributed by atoms with E-state index >= 15 is 0 Å². The van der Waals surface area contributed by atoms with Crippen LogP contribution < -0.4 is 0 Å². The summed E-state index contributed by atoms with van der Waals surface area (Å²) in [6.07, 6.45) is 2.58. The monoisotopic (exact) mass is 160 g/mol. The van der Waals surface area contributed by atoms with E-state index in [4.69, 9.17) is 0 Å². The lowest BCUT2D eigenvalue weighted by atomic mass is 10.3. The summed E-state index contributed by atoms with van der Waals surface area (Å²) >= 11 is 3.99. The van der Waals surface area contributed by atoms with E-state index in [0.717, 1.165) is 0 Å². The molecule has 0 aliphatic carbocycles. The highest BCUT2D eigenvalue weighted by atomic mass is 32.2. The lowest BCUT2D eigenvalue weighted by Crippen LogP contribution is -1.89. The molecule has 1 rings (SSSR count). The maximum Gasteiger partial charge on any atom is 0.00713 e. The van der Waals surface area contributed by atoms with Crippen molar-refractivity contribution in [1.82, 2.24) is 0 Å². The number of rotatable bonds is 2. The van der Waals surface area contributed by atoms with E-state index in [2.05, 4.69) is 12.3 Å². The Balaban J connectivity index is 2.28. The van der Waals surface area contributed by atoms with Gasteiger partial charge in [0.1, 0.15) is 0 Å². The fraction of sp³-hybridized carbons (Fsp3) is 0.714. The number of hydrogen-bond acceptors (Lipinski definition) is 2. The van der Waals surface area contributed by atoms with Gasteiger partial charge in [-0.25, -0.2) is 0 Å². The van der Waals surface area contributed by atoms with Gasteiger partial charge in [-0.1, -0.05) is 13.3 Å². The molecule has 0 aromatic carbocycles. The molecule has 0 aromatic heterocycles. The summed E-state index contributed by atoms with van der Waals surface area (Å²) in [5, 5.41) is 2.32. The summed E-state index contributed by atoms with van der Waals surface area (Å²) < 4.78 is 0. The van der Waals surface area contributed by atoms with Crippen molar-refractivity contribution in [1.29, 1.82) is 0 Å². The molecule has 0 N–H and O–H groups in total. The smallest absolute Gasteiger partial charge is 0.00713 e. The molecule has 0 spiro atoms. The van der Waals surface area contributed by atoms with Gasteiger partial charge in [0.25, 0.3) is 0 Å². The van der Waals surface area contributed by atoms with E-state index in [0.29, 0.717) is 0 Å². The van der Waals surface area contributed by atoms with Gasteiger partial charge >= 0.3 is 0 Å². The summed E-state index contributed by atoms with van der Waals surface area (Å²) in [5.74, 6) is 2.62. The zero-order chi connectivity index (χ0) is 6.53. The van der Waals surface area contributed by atoms with Gasteiger partial charge in [-0.05, 0) is 16.7 Å². The van der Waals surface area contributed by atoms with Crippen LogP contribution in [-0.2, 0) is 0 Å². The Morgan fingerprint density at radius 1 is 1.56 bits per heavy atom. The van der Waals surface area contributed by atoms with Crippen molar-refractivity contribution in [3.8, 4) is 0 Å². The Labute approximate surface area is 65.5 Å². The topological polar surface area (TPSA) is 0 Å². The maximum absolute atomic E-state index is 2.32. The second-order valence-corrected chi connectivity index (χ2v) is 4.25. The Kier molecular flexibility index (Phi) is 3.59. The highest BCUT2D eigenvalue weighted by Crippen LogP contribution is 2.29. The maximum atomic E-state index is 2.32. The van der Waals surface area contributed by atoms with Crippen LogP contribution >= 0.6 is 23.5 Å². The highest BCUT2D eigenvalue weighted by Gasteiger charge is 2.01. The quantitative estimate of drug-likeness (QED) is 0.609. The van der Waals surface area contributed by atoms with Gasteiger partial charge in [0, 0.05) is 11.5 Å². The molecule has 0 amide bonds. The predicted molar refractivity (Wildman–Crippen MR) is 47.9 cm³/mol. The average Bonchev–Trinajstić information content (AvgIpc) is 1.91. The zero-order valence-electron chi connectivity index (χ0n) is 5.72. The first-order valence-corrected chi connectivity index (χ1v) is 5.40. The van der Waals surface area contributed by atoms with E-state index in [1.165, 1.54) is 24.3 Å². The molecule has 52 valence electrons. The minimum absolute atomic E-state index is 1.29. The standard InChI is InChI=1S/C7H12S2/c1-2-3-7-6-8-4-5-9-7/h6H,2-5H2,1H3. The van der Waals surface area contributed by atoms with Crippen molar-refractivity contribution < 1.29 is 0 Å². The Morgan fingerprint density at radius 3 is 3.00 bits per heavy atom. The summed E-state index contributed by atoms with van der Waals surface area (Å²) in [6, 6.07) is 0. The second kappa shape index (κ2) is 4.29. The molecule has 1 aliphatic rings. The normalized spacial score (nSPS) is 19.4. The van der Waals surface area contributed by atoms with Gasteiger partial charge in [0.2, 0.25) is 0 Å². The largest absolute Gasteiger partial charge is 0.132 e. The second-order valence-electron chi connectivity index (χ2n) is 2.05. The fourth-order valence-corrected chi connectivity index (χ4v) is 3.01. The van der Waals surface area contributed by atoms with Crippen molar-refractivity contribution >= 4 is 23.5 Å². The molecule has 0 atom stereocenters. The van der Waals surface area contributed by atoms with Crippen molar-refractivity contribution in [2.45, 2.75) is 19.8 Å². The third-order valence-corrected chi connectivity index (χ3v) is 3.60.